The van der Waals surface area contributed by atoms with Crippen LogP contribution in [0.4, 0.5) is 5.69 Å². The van der Waals surface area contributed by atoms with E-state index in [4.69, 9.17) is 10.5 Å². The SMILES string of the molecule is Cc1ccc(N)c(SCCOC(C)(C)C)c1. The molecule has 0 unspecified atom stereocenters. The van der Waals surface area contributed by atoms with Gasteiger partial charge in [0.05, 0.1) is 12.2 Å². The summed E-state index contributed by atoms with van der Waals surface area (Å²) in [5.41, 5.74) is 7.94. The van der Waals surface area contributed by atoms with Gasteiger partial charge in [-0.3, -0.25) is 0 Å². The van der Waals surface area contributed by atoms with Crippen molar-refractivity contribution in [1.82, 2.24) is 0 Å². The van der Waals surface area contributed by atoms with Crippen LogP contribution in [0.15, 0.2) is 23.1 Å². The molecular formula is C13H21NOS. The number of rotatable bonds is 4. The average Bonchev–Trinajstić information content (AvgIpc) is 2.16. The van der Waals surface area contributed by atoms with Gasteiger partial charge in [-0.15, -0.1) is 11.8 Å². The highest BCUT2D eigenvalue weighted by molar-refractivity contribution is 7.99. The van der Waals surface area contributed by atoms with Crippen LogP contribution in [-0.4, -0.2) is 18.0 Å². The lowest BCUT2D eigenvalue weighted by Crippen LogP contribution is -2.20. The molecule has 0 aromatic heterocycles. The van der Waals surface area contributed by atoms with Crippen molar-refractivity contribution >= 4 is 17.4 Å². The summed E-state index contributed by atoms with van der Waals surface area (Å²) in [7, 11) is 0. The van der Waals surface area contributed by atoms with Crippen molar-refractivity contribution in [3.63, 3.8) is 0 Å². The average molecular weight is 239 g/mol. The van der Waals surface area contributed by atoms with Crippen LogP contribution >= 0.6 is 11.8 Å². The molecule has 90 valence electrons. The van der Waals surface area contributed by atoms with Crippen molar-refractivity contribution in [3.8, 4) is 0 Å². The Bertz CT molecular complexity index is 344. The molecule has 0 fully saturated rings. The van der Waals surface area contributed by atoms with Crippen LogP contribution in [0.2, 0.25) is 0 Å². The zero-order chi connectivity index (χ0) is 12.2. The van der Waals surface area contributed by atoms with E-state index < -0.39 is 0 Å². The standard InChI is InChI=1S/C13H21NOS/c1-10-5-6-11(14)12(9-10)16-8-7-15-13(2,3)4/h5-6,9H,7-8,14H2,1-4H3. The third-order valence-electron chi connectivity index (χ3n) is 2.05. The number of aryl methyl sites for hydroxylation is 1. The van der Waals surface area contributed by atoms with Gasteiger partial charge in [-0.25, -0.2) is 0 Å². The van der Waals surface area contributed by atoms with Gasteiger partial charge in [0, 0.05) is 16.3 Å². The maximum atomic E-state index is 5.90. The maximum absolute atomic E-state index is 5.90. The van der Waals surface area contributed by atoms with Gasteiger partial charge in [-0.1, -0.05) is 6.07 Å². The van der Waals surface area contributed by atoms with E-state index >= 15 is 0 Å². The second-order valence-corrected chi connectivity index (χ2v) is 5.99. The van der Waals surface area contributed by atoms with E-state index in [1.807, 2.05) is 12.1 Å². The first-order valence-electron chi connectivity index (χ1n) is 5.51. The molecule has 0 spiro atoms. The molecule has 0 heterocycles. The van der Waals surface area contributed by atoms with Crippen molar-refractivity contribution in [1.29, 1.82) is 0 Å². The molecule has 3 heteroatoms. The number of hydrogen-bond acceptors (Lipinski definition) is 3. The Morgan fingerprint density at radius 2 is 2.00 bits per heavy atom. The monoisotopic (exact) mass is 239 g/mol. The van der Waals surface area contributed by atoms with E-state index in [9.17, 15) is 0 Å². The number of benzene rings is 1. The molecule has 0 atom stereocenters. The smallest absolute Gasteiger partial charge is 0.0598 e. The topological polar surface area (TPSA) is 35.2 Å². The van der Waals surface area contributed by atoms with Gasteiger partial charge in [-0.05, 0) is 45.4 Å². The van der Waals surface area contributed by atoms with E-state index in [2.05, 4.69) is 33.8 Å². The Morgan fingerprint density at radius 3 is 2.62 bits per heavy atom. The summed E-state index contributed by atoms with van der Waals surface area (Å²) in [6.45, 7) is 9.03. The third kappa shape index (κ3) is 4.90. The van der Waals surface area contributed by atoms with Crippen molar-refractivity contribution in [2.75, 3.05) is 18.1 Å². The molecule has 2 N–H and O–H groups in total. The van der Waals surface area contributed by atoms with Gasteiger partial charge in [0.25, 0.3) is 0 Å². The van der Waals surface area contributed by atoms with Gasteiger partial charge >= 0.3 is 0 Å². The van der Waals surface area contributed by atoms with Crippen LogP contribution in [0.25, 0.3) is 0 Å². The number of anilines is 1. The first-order valence-corrected chi connectivity index (χ1v) is 6.50. The van der Waals surface area contributed by atoms with Gasteiger partial charge in [0.15, 0.2) is 0 Å². The molecule has 0 amide bonds. The number of hydrogen-bond donors (Lipinski definition) is 1. The number of nitrogens with two attached hydrogens (primary N) is 1. The molecule has 0 radical (unpaired) electrons. The van der Waals surface area contributed by atoms with Crippen LogP contribution in [0, 0.1) is 6.92 Å². The molecule has 0 bridgehead atoms. The first-order chi connectivity index (χ1) is 7.38. The Morgan fingerprint density at radius 1 is 1.31 bits per heavy atom. The van der Waals surface area contributed by atoms with Gasteiger partial charge in [0.2, 0.25) is 0 Å². The van der Waals surface area contributed by atoms with Gasteiger partial charge in [0.1, 0.15) is 0 Å². The molecule has 0 saturated carbocycles. The quantitative estimate of drug-likeness (QED) is 0.496. The van der Waals surface area contributed by atoms with Crippen molar-refractivity contribution in [2.24, 2.45) is 0 Å². The van der Waals surface area contributed by atoms with E-state index in [0.717, 1.165) is 22.9 Å². The van der Waals surface area contributed by atoms with E-state index in [-0.39, 0.29) is 5.60 Å². The zero-order valence-corrected chi connectivity index (χ0v) is 11.4. The predicted molar refractivity (Wildman–Crippen MR) is 72.0 cm³/mol. The summed E-state index contributed by atoms with van der Waals surface area (Å²) in [5, 5.41) is 0. The van der Waals surface area contributed by atoms with Crippen LogP contribution in [-0.2, 0) is 4.74 Å². The minimum Gasteiger partial charge on any atom is -0.398 e. The fraction of sp³-hybridized carbons (Fsp3) is 0.538. The summed E-state index contributed by atoms with van der Waals surface area (Å²) in [4.78, 5) is 1.15. The Hall–Kier alpha value is -0.670. The van der Waals surface area contributed by atoms with Crippen molar-refractivity contribution in [2.45, 2.75) is 38.2 Å². The summed E-state index contributed by atoms with van der Waals surface area (Å²) < 4.78 is 5.66. The van der Waals surface area contributed by atoms with Crippen LogP contribution in [0.3, 0.4) is 0 Å². The zero-order valence-electron chi connectivity index (χ0n) is 10.5. The summed E-state index contributed by atoms with van der Waals surface area (Å²) in [6.07, 6.45) is 0. The lowest BCUT2D eigenvalue weighted by atomic mass is 10.2. The summed E-state index contributed by atoms with van der Waals surface area (Å²) >= 11 is 1.75. The number of nitrogen functional groups attached to an aromatic ring is 1. The molecule has 0 aliphatic rings. The Labute approximate surface area is 103 Å². The van der Waals surface area contributed by atoms with Crippen LogP contribution < -0.4 is 5.73 Å². The van der Waals surface area contributed by atoms with Gasteiger partial charge < -0.3 is 10.5 Å². The third-order valence-corrected chi connectivity index (χ3v) is 3.08. The molecule has 1 aromatic carbocycles. The summed E-state index contributed by atoms with van der Waals surface area (Å²) in [5.74, 6) is 0.935. The number of ether oxygens (including phenoxy) is 1. The molecule has 1 aromatic rings. The van der Waals surface area contributed by atoms with Gasteiger partial charge in [-0.2, -0.15) is 0 Å². The summed E-state index contributed by atoms with van der Waals surface area (Å²) in [6, 6.07) is 6.12. The van der Waals surface area contributed by atoms with Crippen molar-refractivity contribution in [3.05, 3.63) is 23.8 Å². The number of thioether (sulfide) groups is 1. The molecule has 0 saturated heterocycles. The lowest BCUT2D eigenvalue weighted by molar-refractivity contribution is 0.00695. The molecule has 2 nitrogen and oxygen atoms in total. The Kier molecular flexibility index (Phi) is 4.69. The van der Waals surface area contributed by atoms with E-state index in [1.54, 1.807) is 11.8 Å². The highest BCUT2D eigenvalue weighted by atomic mass is 32.2. The molecule has 0 aliphatic heterocycles. The second kappa shape index (κ2) is 5.60. The Balaban J connectivity index is 2.40. The normalized spacial score (nSPS) is 11.8. The minimum absolute atomic E-state index is 0.0568. The lowest BCUT2D eigenvalue weighted by Gasteiger charge is -2.19. The molecule has 0 aliphatic carbocycles. The molecule has 16 heavy (non-hydrogen) atoms. The van der Waals surface area contributed by atoms with E-state index in [0.29, 0.717) is 0 Å². The highest BCUT2D eigenvalue weighted by Gasteiger charge is 2.09. The molecule has 1 rings (SSSR count). The predicted octanol–water partition coefficient (Wildman–Crippen LogP) is 3.48. The largest absolute Gasteiger partial charge is 0.398 e. The fourth-order valence-electron chi connectivity index (χ4n) is 1.27. The van der Waals surface area contributed by atoms with E-state index in [1.165, 1.54) is 5.56 Å². The minimum atomic E-state index is -0.0568. The second-order valence-electron chi connectivity index (χ2n) is 4.85. The van der Waals surface area contributed by atoms with Crippen LogP contribution in [0.1, 0.15) is 26.3 Å². The maximum Gasteiger partial charge on any atom is 0.0598 e. The molecular weight excluding hydrogens is 218 g/mol. The first kappa shape index (κ1) is 13.4. The van der Waals surface area contributed by atoms with Crippen LogP contribution in [0.5, 0.6) is 0 Å². The fourth-order valence-corrected chi connectivity index (χ4v) is 2.16. The van der Waals surface area contributed by atoms with Crippen molar-refractivity contribution < 1.29 is 4.74 Å². The highest BCUT2D eigenvalue weighted by Crippen LogP contribution is 2.26.